The Morgan fingerprint density at radius 2 is 1.67 bits per heavy atom. The summed E-state index contributed by atoms with van der Waals surface area (Å²) >= 11 is 0. The molecule has 4 rings (SSSR count). The highest BCUT2D eigenvalue weighted by Gasteiger charge is 2.26. The number of amides is 1. The van der Waals surface area contributed by atoms with Crippen molar-refractivity contribution in [2.75, 3.05) is 14.1 Å². The summed E-state index contributed by atoms with van der Waals surface area (Å²) in [5, 5.41) is 3.20. The smallest absolute Gasteiger partial charge is 0.253 e. The van der Waals surface area contributed by atoms with Gasteiger partial charge in [0.25, 0.3) is 5.91 Å². The number of hydrogen-bond donors (Lipinski definition) is 1. The second-order valence-corrected chi connectivity index (χ2v) is 8.03. The van der Waals surface area contributed by atoms with Crippen LogP contribution in [0.25, 0.3) is 11.1 Å². The number of fused-ring (bicyclic) bond motifs is 1. The number of nitrogens with one attached hydrogen (secondary N) is 1. The SMILES string of the molecule is CNCc1ccc2c(c1)CCC(N(C)C(=O)c1ccc(-c3ccc(F)cc3)cc1)C2. The van der Waals surface area contributed by atoms with E-state index in [0.717, 1.165) is 36.9 Å². The molecule has 0 spiro atoms. The maximum absolute atomic E-state index is 13.1. The summed E-state index contributed by atoms with van der Waals surface area (Å²) in [5.74, 6) is -0.208. The van der Waals surface area contributed by atoms with E-state index in [0.29, 0.717) is 5.56 Å². The summed E-state index contributed by atoms with van der Waals surface area (Å²) in [6.45, 7) is 0.878. The zero-order valence-electron chi connectivity index (χ0n) is 17.5. The molecule has 1 amide bonds. The van der Waals surface area contributed by atoms with Gasteiger partial charge in [-0.05, 0) is 78.4 Å². The molecule has 1 atom stereocenters. The van der Waals surface area contributed by atoms with Crippen molar-refractivity contribution in [1.82, 2.24) is 10.2 Å². The largest absolute Gasteiger partial charge is 0.338 e. The topological polar surface area (TPSA) is 32.3 Å². The van der Waals surface area contributed by atoms with Crippen molar-refractivity contribution < 1.29 is 9.18 Å². The summed E-state index contributed by atoms with van der Waals surface area (Å²) in [5.41, 5.74) is 6.64. The third-order valence-corrected chi connectivity index (χ3v) is 6.03. The van der Waals surface area contributed by atoms with Crippen LogP contribution in [0.1, 0.15) is 33.5 Å². The fraction of sp³-hybridized carbons (Fsp3) is 0.269. The van der Waals surface area contributed by atoms with Crippen LogP contribution in [0.15, 0.2) is 66.7 Å². The molecule has 154 valence electrons. The quantitative estimate of drug-likeness (QED) is 0.662. The number of halogens is 1. The van der Waals surface area contributed by atoms with Gasteiger partial charge in [0.1, 0.15) is 5.82 Å². The predicted octanol–water partition coefficient (Wildman–Crippen LogP) is 4.84. The van der Waals surface area contributed by atoms with E-state index in [1.165, 1.54) is 28.8 Å². The van der Waals surface area contributed by atoms with E-state index >= 15 is 0 Å². The summed E-state index contributed by atoms with van der Waals surface area (Å²) in [4.78, 5) is 14.9. The third-order valence-electron chi connectivity index (χ3n) is 6.03. The highest BCUT2D eigenvalue weighted by Crippen LogP contribution is 2.27. The highest BCUT2D eigenvalue weighted by atomic mass is 19.1. The van der Waals surface area contributed by atoms with Crippen LogP contribution in [-0.4, -0.2) is 30.9 Å². The number of rotatable bonds is 5. The lowest BCUT2D eigenvalue weighted by atomic mass is 9.86. The molecular formula is C26H27FN2O. The van der Waals surface area contributed by atoms with Crippen LogP contribution in [0.2, 0.25) is 0 Å². The molecule has 0 saturated carbocycles. The fourth-order valence-corrected chi connectivity index (χ4v) is 4.25. The standard InChI is InChI=1S/C26H27FN2O/c1-28-17-18-3-4-23-16-25(14-11-22(23)15-18)29(2)26(30)21-7-5-19(6-8-21)20-9-12-24(27)13-10-20/h3-10,12-13,15,25,28H,11,14,16-17H2,1-2H3. The Kier molecular flexibility index (Phi) is 5.96. The Balaban J connectivity index is 1.45. The van der Waals surface area contributed by atoms with Crippen LogP contribution in [-0.2, 0) is 19.4 Å². The minimum Gasteiger partial charge on any atom is -0.338 e. The van der Waals surface area contributed by atoms with E-state index in [9.17, 15) is 9.18 Å². The number of benzene rings is 3. The monoisotopic (exact) mass is 402 g/mol. The lowest BCUT2D eigenvalue weighted by Crippen LogP contribution is -2.40. The average molecular weight is 403 g/mol. The van der Waals surface area contributed by atoms with Crippen LogP contribution in [0, 0.1) is 5.82 Å². The molecule has 4 heteroatoms. The number of nitrogens with zero attached hydrogens (tertiary/aromatic N) is 1. The normalized spacial score (nSPS) is 15.5. The number of carbonyl (C=O) groups is 1. The lowest BCUT2D eigenvalue weighted by molar-refractivity contribution is 0.0719. The van der Waals surface area contributed by atoms with Crippen molar-refractivity contribution in [3.63, 3.8) is 0 Å². The molecule has 30 heavy (non-hydrogen) atoms. The van der Waals surface area contributed by atoms with Crippen LogP contribution in [0.4, 0.5) is 4.39 Å². The van der Waals surface area contributed by atoms with E-state index in [-0.39, 0.29) is 17.8 Å². The zero-order valence-corrected chi connectivity index (χ0v) is 17.5. The van der Waals surface area contributed by atoms with Crippen LogP contribution in [0.5, 0.6) is 0 Å². The Hall–Kier alpha value is -2.98. The molecule has 0 aromatic heterocycles. The maximum atomic E-state index is 13.1. The first-order valence-electron chi connectivity index (χ1n) is 10.4. The van der Waals surface area contributed by atoms with Crippen molar-refractivity contribution in [1.29, 1.82) is 0 Å². The van der Waals surface area contributed by atoms with Gasteiger partial charge in [0.2, 0.25) is 0 Å². The average Bonchev–Trinajstić information content (AvgIpc) is 2.78. The van der Waals surface area contributed by atoms with Gasteiger partial charge in [-0.2, -0.15) is 0 Å². The lowest BCUT2D eigenvalue weighted by Gasteiger charge is -2.33. The molecular weight excluding hydrogens is 375 g/mol. The number of aryl methyl sites for hydroxylation is 1. The maximum Gasteiger partial charge on any atom is 0.253 e. The summed E-state index contributed by atoms with van der Waals surface area (Å²) in [6, 6.07) is 20.8. The molecule has 3 aromatic carbocycles. The summed E-state index contributed by atoms with van der Waals surface area (Å²) < 4.78 is 13.1. The Labute approximate surface area is 177 Å². The number of likely N-dealkylation sites (N-methyl/N-ethyl adjacent to an activating group) is 1. The first-order chi connectivity index (χ1) is 14.5. The van der Waals surface area contributed by atoms with E-state index < -0.39 is 0 Å². The molecule has 1 aliphatic rings. The first kappa shape index (κ1) is 20.3. The van der Waals surface area contributed by atoms with Crippen molar-refractivity contribution >= 4 is 5.91 Å². The van der Waals surface area contributed by atoms with Crippen LogP contribution >= 0.6 is 0 Å². The molecule has 1 unspecified atom stereocenters. The van der Waals surface area contributed by atoms with Gasteiger partial charge in [-0.1, -0.05) is 42.5 Å². The van der Waals surface area contributed by atoms with E-state index in [4.69, 9.17) is 0 Å². The van der Waals surface area contributed by atoms with Gasteiger partial charge in [0.15, 0.2) is 0 Å². The zero-order chi connectivity index (χ0) is 21.1. The highest BCUT2D eigenvalue weighted by molar-refractivity contribution is 5.94. The molecule has 0 aliphatic heterocycles. The minimum atomic E-state index is -0.250. The van der Waals surface area contributed by atoms with E-state index in [1.807, 2.05) is 43.3 Å². The molecule has 3 aromatic rings. The van der Waals surface area contributed by atoms with Gasteiger partial charge in [0, 0.05) is 25.2 Å². The van der Waals surface area contributed by atoms with Crippen molar-refractivity contribution in [3.05, 3.63) is 94.8 Å². The Morgan fingerprint density at radius 3 is 2.33 bits per heavy atom. The van der Waals surface area contributed by atoms with Crippen LogP contribution < -0.4 is 5.32 Å². The molecule has 1 aliphatic carbocycles. The van der Waals surface area contributed by atoms with E-state index in [2.05, 4.69) is 23.5 Å². The fourth-order valence-electron chi connectivity index (χ4n) is 4.25. The second kappa shape index (κ2) is 8.80. The second-order valence-electron chi connectivity index (χ2n) is 8.03. The van der Waals surface area contributed by atoms with Gasteiger partial charge in [-0.15, -0.1) is 0 Å². The minimum absolute atomic E-state index is 0.0425. The summed E-state index contributed by atoms with van der Waals surface area (Å²) in [7, 11) is 3.86. The molecule has 0 bridgehead atoms. The third kappa shape index (κ3) is 4.29. The number of hydrogen-bond acceptors (Lipinski definition) is 2. The van der Waals surface area contributed by atoms with Gasteiger partial charge < -0.3 is 10.2 Å². The molecule has 0 fully saturated rings. The van der Waals surface area contributed by atoms with Gasteiger partial charge in [-0.3, -0.25) is 4.79 Å². The van der Waals surface area contributed by atoms with Gasteiger partial charge in [0.05, 0.1) is 0 Å². The van der Waals surface area contributed by atoms with Gasteiger partial charge >= 0.3 is 0 Å². The summed E-state index contributed by atoms with van der Waals surface area (Å²) in [6.07, 6.45) is 2.87. The van der Waals surface area contributed by atoms with Crippen molar-refractivity contribution in [3.8, 4) is 11.1 Å². The van der Waals surface area contributed by atoms with Gasteiger partial charge in [-0.25, -0.2) is 4.39 Å². The number of carbonyl (C=O) groups excluding carboxylic acids is 1. The first-order valence-corrected chi connectivity index (χ1v) is 10.4. The molecule has 0 heterocycles. The van der Waals surface area contributed by atoms with Crippen LogP contribution in [0.3, 0.4) is 0 Å². The molecule has 0 saturated heterocycles. The Bertz CT molecular complexity index is 1030. The van der Waals surface area contributed by atoms with E-state index in [1.54, 1.807) is 12.1 Å². The molecule has 3 nitrogen and oxygen atoms in total. The predicted molar refractivity (Wildman–Crippen MR) is 119 cm³/mol. The van der Waals surface area contributed by atoms with Crippen molar-refractivity contribution in [2.24, 2.45) is 0 Å². The molecule has 1 N–H and O–H groups in total. The Morgan fingerprint density at radius 1 is 1.00 bits per heavy atom. The van der Waals surface area contributed by atoms with Crippen molar-refractivity contribution in [2.45, 2.75) is 31.8 Å². The molecule has 0 radical (unpaired) electrons.